The van der Waals surface area contributed by atoms with Gasteiger partial charge in [-0.15, -0.1) is 11.3 Å². The maximum Gasteiger partial charge on any atom is 0.268 e. The fraction of sp³-hybridized carbons (Fsp3) is 0.409. The Hall–Kier alpha value is -2.67. The van der Waals surface area contributed by atoms with E-state index in [1.807, 2.05) is 25.1 Å². The number of anilines is 1. The molecule has 2 aliphatic rings. The lowest BCUT2D eigenvalue weighted by Gasteiger charge is -2.19. The Balaban J connectivity index is 1.39. The van der Waals surface area contributed by atoms with Crippen molar-refractivity contribution in [1.82, 2.24) is 10.1 Å². The van der Waals surface area contributed by atoms with Gasteiger partial charge in [0, 0.05) is 23.8 Å². The van der Waals surface area contributed by atoms with Crippen LogP contribution >= 0.6 is 11.3 Å². The van der Waals surface area contributed by atoms with Crippen molar-refractivity contribution in [2.45, 2.75) is 44.9 Å². The molecule has 1 fully saturated rings. The van der Waals surface area contributed by atoms with Crippen molar-refractivity contribution in [2.24, 2.45) is 0 Å². The van der Waals surface area contributed by atoms with Crippen molar-refractivity contribution in [3.05, 3.63) is 46.1 Å². The fourth-order valence-electron chi connectivity index (χ4n) is 4.22. The van der Waals surface area contributed by atoms with Crippen LogP contribution < -0.4 is 9.64 Å². The summed E-state index contributed by atoms with van der Waals surface area (Å²) in [7, 11) is 1.62. The number of hydrogen-bond acceptors (Lipinski definition) is 6. The van der Waals surface area contributed by atoms with E-state index >= 15 is 0 Å². The number of thiophene rings is 1. The number of aryl methyl sites for hydroxylation is 3. The van der Waals surface area contributed by atoms with Crippen LogP contribution in [0.4, 0.5) is 5.69 Å². The summed E-state index contributed by atoms with van der Waals surface area (Å²) in [5.74, 6) is 1.84. The van der Waals surface area contributed by atoms with Gasteiger partial charge in [-0.05, 0) is 61.9 Å². The Kier molecular flexibility index (Phi) is 4.62. The minimum Gasteiger partial charge on any atom is -0.495 e. The molecule has 1 aliphatic heterocycles. The normalized spacial score (nSPS) is 18.9. The van der Waals surface area contributed by atoms with Gasteiger partial charge in [-0.1, -0.05) is 11.2 Å². The van der Waals surface area contributed by atoms with Crippen molar-refractivity contribution in [3.8, 4) is 16.5 Å². The number of nitrogens with zero attached hydrogens (tertiary/aromatic N) is 3. The first-order valence-electron chi connectivity index (χ1n) is 10.0. The van der Waals surface area contributed by atoms with E-state index in [1.54, 1.807) is 23.3 Å². The molecular weight excluding hydrogens is 386 g/mol. The minimum atomic E-state index is -0.0835. The molecule has 1 atom stereocenters. The largest absolute Gasteiger partial charge is 0.495 e. The van der Waals surface area contributed by atoms with Gasteiger partial charge in [0.1, 0.15) is 5.75 Å². The van der Waals surface area contributed by atoms with Gasteiger partial charge in [0.25, 0.3) is 5.89 Å². The van der Waals surface area contributed by atoms with Crippen LogP contribution in [0.3, 0.4) is 0 Å². The third-order valence-electron chi connectivity index (χ3n) is 5.76. The molecule has 29 heavy (non-hydrogen) atoms. The van der Waals surface area contributed by atoms with E-state index in [4.69, 9.17) is 9.26 Å². The number of methoxy groups -OCH3 is 1. The molecule has 5 rings (SSSR count). The number of carbonyl (C=O) groups is 1. The molecule has 0 N–H and O–H groups in total. The van der Waals surface area contributed by atoms with E-state index in [-0.39, 0.29) is 11.8 Å². The highest BCUT2D eigenvalue weighted by molar-refractivity contribution is 7.15. The summed E-state index contributed by atoms with van der Waals surface area (Å²) < 4.78 is 11.0. The summed E-state index contributed by atoms with van der Waals surface area (Å²) >= 11 is 1.76. The van der Waals surface area contributed by atoms with Gasteiger partial charge >= 0.3 is 0 Å². The standard InChI is InChI=1S/C22H23N3O3S/c1-13-7-8-17(27-2)16(9-13)25-12-15(11-20(25)26)21-23-22(28-24-21)19-10-14-5-3-4-6-18(14)29-19/h7-10,15H,3-6,11-12H2,1-2H3. The first kappa shape index (κ1) is 18.4. The quantitative estimate of drug-likeness (QED) is 0.634. The van der Waals surface area contributed by atoms with Crippen molar-refractivity contribution in [2.75, 3.05) is 18.6 Å². The second kappa shape index (κ2) is 7.30. The molecule has 0 bridgehead atoms. The van der Waals surface area contributed by atoms with Crippen LogP contribution in [0.2, 0.25) is 0 Å². The lowest BCUT2D eigenvalue weighted by atomic mass is 9.99. The molecule has 1 saturated heterocycles. The predicted molar refractivity (Wildman–Crippen MR) is 112 cm³/mol. The summed E-state index contributed by atoms with van der Waals surface area (Å²) in [5, 5.41) is 4.21. The van der Waals surface area contributed by atoms with Crippen LogP contribution in [0.15, 0.2) is 28.8 Å². The van der Waals surface area contributed by atoms with E-state index in [0.29, 0.717) is 30.4 Å². The maximum atomic E-state index is 12.7. The number of benzene rings is 1. The molecule has 0 spiro atoms. The second-order valence-electron chi connectivity index (χ2n) is 7.80. The topological polar surface area (TPSA) is 68.5 Å². The Bertz CT molecular complexity index is 1050. The molecular formula is C22H23N3O3S. The van der Waals surface area contributed by atoms with Crippen molar-refractivity contribution in [3.63, 3.8) is 0 Å². The molecule has 0 saturated carbocycles. The summed E-state index contributed by atoms with van der Waals surface area (Å²) in [5.41, 5.74) is 3.31. The van der Waals surface area contributed by atoms with Gasteiger partial charge in [0.2, 0.25) is 5.91 Å². The van der Waals surface area contributed by atoms with Crippen LogP contribution in [-0.2, 0) is 17.6 Å². The molecule has 7 heteroatoms. The van der Waals surface area contributed by atoms with E-state index in [9.17, 15) is 4.79 Å². The number of aromatic nitrogens is 2. The van der Waals surface area contributed by atoms with Crippen LogP contribution in [0.5, 0.6) is 5.75 Å². The molecule has 0 radical (unpaired) electrons. The van der Waals surface area contributed by atoms with Gasteiger partial charge in [-0.2, -0.15) is 4.98 Å². The maximum absolute atomic E-state index is 12.7. The highest BCUT2D eigenvalue weighted by atomic mass is 32.1. The van der Waals surface area contributed by atoms with Crippen molar-refractivity contribution >= 4 is 22.9 Å². The van der Waals surface area contributed by atoms with Gasteiger partial charge in [-0.3, -0.25) is 4.79 Å². The number of hydrogen-bond donors (Lipinski definition) is 0. The third-order valence-corrected chi connectivity index (χ3v) is 6.99. The lowest BCUT2D eigenvalue weighted by Crippen LogP contribution is -2.25. The zero-order chi connectivity index (χ0) is 20.0. The molecule has 3 aromatic rings. The van der Waals surface area contributed by atoms with Gasteiger partial charge in [0.15, 0.2) is 5.82 Å². The molecule has 150 valence electrons. The highest BCUT2D eigenvalue weighted by Crippen LogP contribution is 2.38. The van der Waals surface area contributed by atoms with Gasteiger partial charge < -0.3 is 14.2 Å². The summed E-state index contributed by atoms with van der Waals surface area (Å²) in [6, 6.07) is 8.06. The summed E-state index contributed by atoms with van der Waals surface area (Å²) in [6.45, 7) is 2.53. The predicted octanol–water partition coefficient (Wildman–Crippen LogP) is 4.51. The van der Waals surface area contributed by atoms with Crippen LogP contribution in [0, 0.1) is 6.92 Å². The SMILES string of the molecule is COc1ccc(C)cc1N1CC(c2noc(-c3cc4c(s3)CCCC4)n2)CC1=O. The molecule has 6 nitrogen and oxygen atoms in total. The third kappa shape index (κ3) is 3.33. The molecule has 1 aliphatic carbocycles. The van der Waals surface area contributed by atoms with E-state index < -0.39 is 0 Å². The average Bonchev–Trinajstić information content (AvgIpc) is 3.45. The molecule has 3 heterocycles. The first-order chi connectivity index (χ1) is 14.1. The Labute approximate surface area is 173 Å². The van der Waals surface area contributed by atoms with E-state index in [1.165, 1.54) is 23.3 Å². The van der Waals surface area contributed by atoms with E-state index in [2.05, 4.69) is 16.2 Å². The average molecular weight is 410 g/mol. The second-order valence-corrected chi connectivity index (χ2v) is 8.94. The summed E-state index contributed by atoms with van der Waals surface area (Å²) in [6.07, 6.45) is 5.16. The minimum absolute atomic E-state index is 0.0526. The molecule has 2 aromatic heterocycles. The molecule has 1 amide bonds. The lowest BCUT2D eigenvalue weighted by molar-refractivity contribution is -0.117. The molecule has 1 aromatic carbocycles. The Morgan fingerprint density at radius 1 is 1.24 bits per heavy atom. The molecule has 1 unspecified atom stereocenters. The highest BCUT2D eigenvalue weighted by Gasteiger charge is 2.36. The number of ether oxygens (including phenoxy) is 1. The van der Waals surface area contributed by atoms with Gasteiger partial charge in [-0.25, -0.2) is 0 Å². The van der Waals surface area contributed by atoms with Crippen molar-refractivity contribution in [1.29, 1.82) is 0 Å². The zero-order valence-corrected chi connectivity index (χ0v) is 17.4. The van der Waals surface area contributed by atoms with Crippen LogP contribution in [0.25, 0.3) is 10.8 Å². The van der Waals surface area contributed by atoms with Gasteiger partial charge in [0.05, 0.1) is 17.7 Å². The van der Waals surface area contributed by atoms with E-state index in [0.717, 1.165) is 29.0 Å². The number of carbonyl (C=O) groups excluding carboxylic acids is 1. The monoisotopic (exact) mass is 409 g/mol. The fourth-order valence-corrected chi connectivity index (χ4v) is 5.40. The smallest absolute Gasteiger partial charge is 0.268 e. The van der Waals surface area contributed by atoms with Crippen LogP contribution in [-0.4, -0.2) is 29.7 Å². The zero-order valence-electron chi connectivity index (χ0n) is 16.6. The Morgan fingerprint density at radius 2 is 2.10 bits per heavy atom. The van der Waals surface area contributed by atoms with Crippen LogP contribution in [0.1, 0.15) is 47.0 Å². The van der Waals surface area contributed by atoms with Crippen molar-refractivity contribution < 1.29 is 14.1 Å². The number of rotatable bonds is 4. The number of amides is 1. The first-order valence-corrected chi connectivity index (χ1v) is 10.8. The Morgan fingerprint density at radius 3 is 2.93 bits per heavy atom. The summed E-state index contributed by atoms with van der Waals surface area (Å²) in [4.78, 5) is 21.6. The number of fused-ring (bicyclic) bond motifs is 1.